The largest absolute Gasteiger partial charge is 0.490 e. The molecular formula is C26H20ClFN2O5. The lowest BCUT2D eigenvalue weighted by Gasteiger charge is -2.15. The van der Waals surface area contributed by atoms with Crippen molar-refractivity contribution in [3.8, 4) is 17.6 Å². The molecule has 0 aliphatic heterocycles. The van der Waals surface area contributed by atoms with Gasteiger partial charge in [0.15, 0.2) is 18.1 Å². The maximum Gasteiger partial charge on any atom is 0.335 e. The van der Waals surface area contributed by atoms with Crippen LogP contribution in [0.3, 0.4) is 0 Å². The third kappa shape index (κ3) is 6.82. The summed E-state index contributed by atoms with van der Waals surface area (Å²) in [5.41, 5.74) is 1.88. The van der Waals surface area contributed by atoms with Crippen LogP contribution in [-0.2, 0) is 4.79 Å². The Bertz CT molecular complexity index is 1300. The molecule has 0 spiro atoms. The number of hydrogen-bond acceptors (Lipinski definition) is 5. The van der Waals surface area contributed by atoms with E-state index in [4.69, 9.17) is 26.2 Å². The van der Waals surface area contributed by atoms with Crippen molar-refractivity contribution in [1.29, 1.82) is 5.26 Å². The molecular weight excluding hydrogens is 475 g/mol. The molecule has 0 saturated heterocycles. The Morgan fingerprint density at radius 2 is 1.74 bits per heavy atom. The predicted molar refractivity (Wildman–Crippen MR) is 130 cm³/mol. The van der Waals surface area contributed by atoms with Crippen LogP contribution in [-0.4, -0.2) is 30.2 Å². The minimum Gasteiger partial charge on any atom is -0.490 e. The van der Waals surface area contributed by atoms with E-state index < -0.39 is 17.7 Å². The first-order valence-corrected chi connectivity index (χ1v) is 10.8. The van der Waals surface area contributed by atoms with Gasteiger partial charge in [-0.05, 0) is 72.7 Å². The Labute approximate surface area is 206 Å². The second-order valence-corrected chi connectivity index (χ2v) is 7.57. The van der Waals surface area contributed by atoms with E-state index in [2.05, 4.69) is 11.4 Å². The lowest BCUT2D eigenvalue weighted by atomic mass is 10.0. The van der Waals surface area contributed by atoms with Crippen LogP contribution in [0.15, 0.2) is 60.7 Å². The number of ether oxygens (including phenoxy) is 2. The van der Waals surface area contributed by atoms with Crippen molar-refractivity contribution in [3.63, 3.8) is 0 Å². The van der Waals surface area contributed by atoms with Crippen LogP contribution in [0, 0.1) is 17.1 Å². The second kappa shape index (κ2) is 11.7. The quantitative estimate of drug-likeness (QED) is 0.293. The number of anilines is 1. The van der Waals surface area contributed by atoms with Gasteiger partial charge in [0.05, 0.1) is 28.8 Å². The number of rotatable bonds is 9. The van der Waals surface area contributed by atoms with E-state index in [0.29, 0.717) is 23.4 Å². The molecule has 0 aromatic heterocycles. The topological polar surface area (TPSA) is 109 Å². The molecule has 3 aromatic rings. The molecule has 9 heteroatoms. The number of nitrogens with zero attached hydrogens (tertiary/aromatic N) is 1. The highest BCUT2D eigenvalue weighted by molar-refractivity contribution is 6.32. The number of halogens is 2. The van der Waals surface area contributed by atoms with Gasteiger partial charge in [0, 0.05) is 5.69 Å². The standard InChI is InChI=1S/C26H20ClFN2O5/c1-2-34-23-13-16(11-19(14-29)17-3-5-18(6-4-17)26(32)33)12-22(27)25(23)35-15-24(31)30-21-9-7-20(28)8-10-21/h3-13H,2,15H2,1H3,(H,30,31)(H,32,33)/b19-11-. The minimum atomic E-state index is -1.06. The molecule has 0 saturated carbocycles. The average molecular weight is 495 g/mol. The summed E-state index contributed by atoms with van der Waals surface area (Å²) in [6, 6.07) is 16.5. The fourth-order valence-electron chi connectivity index (χ4n) is 3.08. The first-order chi connectivity index (χ1) is 16.8. The van der Waals surface area contributed by atoms with Gasteiger partial charge in [0.25, 0.3) is 5.91 Å². The summed E-state index contributed by atoms with van der Waals surface area (Å²) < 4.78 is 24.2. The monoisotopic (exact) mass is 494 g/mol. The number of allylic oxidation sites excluding steroid dienone is 1. The van der Waals surface area contributed by atoms with Crippen molar-refractivity contribution < 1.29 is 28.6 Å². The molecule has 35 heavy (non-hydrogen) atoms. The fourth-order valence-corrected chi connectivity index (χ4v) is 3.36. The molecule has 0 fully saturated rings. The van der Waals surface area contributed by atoms with Gasteiger partial charge in [0.2, 0.25) is 0 Å². The van der Waals surface area contributed by atoms with Crippen LogP contribution in [0.5, 0.6) is 11.5 Å². The molecule has 1 amide bonds. The lowest BCUT2D eigenvalue weighted by Crippen LogP contribution is -2.20. The number of carboxylic acid groups (broad SMARTS) is 1. The van der Waals surface area contributed by atoms with Crippen molar-refractivity contribution in [2.45, 2.75) is 6.92 Å². The summed E-state index contributed by atoms with van der Waals surface area (Å²) >= 11 is 6.40. The molecule has 0 unspecified atom stereocenters. The van der Waals surface area contributed by atoms with Crippen LogP contribution in [0.1, 0.15) is 28.4 Å². The zero-order valence-electron chi connectivity index (χ0n) is 18.5. The van der Waals surface area contributed by atoms with Crippen LogP contribution in [0.4, 0.5) is 10.1 Å². The highest BCUT2D eigenvalue weighted by Crippen LogP contribution is 2.37. The van der Waals surface area contributed by atoms with Crippen molar-refractivity contribution in [2.24, 2.45) is 0 Å². The number of hydrogen-bond donors (Lipinski definition) is 2. The molecule has 0 atom stereocenters. The highest BCUT2D eigenvalue weighted by Gasteiger charge is 2.15. The normalized spacial score (nSPS) is 10.9. The van der Waals surface area contributed by atoms with E-state index in [-0.39, 0.29) is 34.3 Å². The van der Waals surface area contributed by atoms with Crippen molar-refractivity contribution in [3.05, 3.63) is 88.2 Å². The van der Waals surface area contributed by atoms with Crippen LogP contribution in [0.2, 0.25) is 5.02 Å². The summed E-state index contributed by atoms with van der Waals surface area (Å²) in [7, 11) is 0. The average Bonchev–Trinajstić information content (AvgIpc) is 2.83. The van der Waals surface area contributed by atoms with Crippen LogP contribution >= 0.6 is 11.6 Å². The number of nitrogens with one attached hydrogen (secondary N) is 1. The molecule has 0 heterocycles. The molecule has 0 radical (unpaired) electrons. The van der Waals surface area contributed by atoms with E-state index in [1.165, 1.54) is 36.4 Å². The Morgan fingerprint density at radius 3 is 2.34 bits per heavy atom. The molecule has 178 valence electrons. The van der Waals surface area contributed by atoms with Gasteiger partial charge in [-0.2, -0.15) is 5.26 Å². The zero-order chi connectivity index (χ0) is 25.4. The molecule has 0 aliphatic carbocycles. The fraction of sp³-hybridized carbons (Fsp3) is 0.115. The predicted octanol–water partition coefficient (Wildman–Crippen LogP) is 5.66. The van der Waals surface area contributed by atoms with E-state index in [0.717, 1.165) is 0 Å². The minimum absolute atomic E-state index is 0.109. The molecule has 3 rings (SSSR count). The van der Waals surface area contributed by atoms with Crippen LogP contribution in [0.25, 0.3) is 11.6 Å². The SMILES string of the molecule is CCOc1cc(/C=C(/C#N)c2ccc(C(=O)O)cc2)cc(Cl)c1OCC(=O)Nc1ccc(F)cc1. The zero-order valence-corrected chi connectivity index (χ0v) is 19.3. The van der Waals surface area contributed by atoms with Gasteiger partial charge in [-0.25, -0.2) is 9.18 Å². The Balaban J connectivity index is 1.81. The number of aromatic carboxylic acids is 1. The summed E-state index contributed by atoms with van der Waals surface area (Å²) in [6.07, 6.45) is 1.58. The molecule has 0 aliphatic rings. The first-order valence-electron chi connectivity index (χ1n) is 10.4. The third-order valence-electron chi connectivity index (χ3n) is 4.68. The summed E-state index contributed by atoms with van der Waals surface area (Å²) in [5, 5.41) is 21.4. The van der Waals surface area contributed by atoms with Crippen molar-refractivity contribution in [1.82, 2.24) is 0 Å². The van der Waals surface area contributed by atoms with Gasteiger partial charge < -0.3 is 19.9 Å². The molecule has 3 aromatic carbocycles. The number of amides is 1. The number of nitriles is 1. The van der Waals surface area contributed by atoms with E-state index in [1.807, 2.05) is 0 Å². The highest BCUT2D eigenvalue weighted by atomic mass is 35.5. The Morgan fingerprint density at radius 1 is 1.09 bits per heavy atom. The lowest BCUT2D eigenvalue weighted by molar-refractivity contribution is -0.118. The first kappa shape index (κ1) is 25.3. The number of benzene rings is 3. The maximum atomic E-state index is 13.0. The smallest absolute Gasteiger partial charge is 0.335 e. The second-order valence-electron chi connectivity index (χ2n) is 7.16. The summed E-state index contributed by atoms with van der Waals surface area (Å²) in [6.45, 7) is 1.70. The third-order valence-corrected chi connectivity index (χ3v) is 4.96. The number of carbonyl (C=O) groups excluding carboxylic acids is 1. The summed E-state index contributed by atoms with van der Waals surface area (Å²) in [4.78, 5) is 23.3. The van der Waals surface area contributed by atoms with Gasteiger partial charge in [-0.15, -0.1) is 0 Å². The Hall–Kier alpha value is -4.35. The van der Waals surface area contributed by atoms with Gasteiger partial charge in [-0.3, -0.25) is 4.79 Å². The van der Waals surface area contributed by atoms with Crippen molar-refractivity contribution in [2.75, 3.05) is 18.5 Å². The Kier molecular flexibility index (Phi) is 8.43. The molecule has 7 nitrogen and oxygen atoms in total. The van der Waals surface area contributed by atoms with Crippen molar-refractivity contribution >= 4 is 40.8 Å². The van der Waals surface area contributed by atoms with Crippen LogP contribution < -0.4 is 14.8 Å². The van der Waals surface area contributed by atoms with E-state index in [1.54, 1.807) is 37.3 Å². The molecule has 0 bridgehead atoms. The van der Waals surface area contributed by atoms with Gasteiger partial charge >= 0.3 is 5.97 Å². The van der Waals surface area contributed by atoms with Gasteiger partial charge in [0.1, 0.15) is 5.82 Å². The van der Waals surface area contributed by atoms with E-state index in [9.17, 15) is 19.2 Å². The van der Waals surface area contributed by atoms with Gasteiger partial charge in [-0.1, -0.05) is 23.7 Å². The molecule has 2 N–H and O–H groups in total. The summed E-state index contributed by atoms with van der Waals surface area (Å²) in [5.74, 6) is -1.52. The maximum absolute atomic E-state index is 13.0. The number of carbonyl (C=O) groups is 2. The number of carboxylic acids is 1. The van der Waals surface area contributed by atoms with E-state index >= 15 is 0 Å².